The van der Waals surface area contributed by atoms with Crippen molar-refractivity contribution in [2.24, 2.45) is 16.6 Å². The van der Waals surface area contributed by atoms with Gasteiger partial charge in [-0.25, -0.2) is 0 Å². The third-order valence-electron chi connectivity index (χ3n) is 3.72. The molecule has 94 valence electrons. The third-order valence-corrected chi connectivity index (χ3v) is 3.72. The van der Waals surface area contributed by atoms with Crippen molar-refractivity contribution in [2.45, 2.75) is 40.2 Å². The molecule has 1 heterocycles. The van der Waals surface area contributed by atoms with Gasteiger partial charge in [0.25, 0.3) is 0 Å². The largest absolute Gasteiger partial charge is 0.379 e. The summed E-state index contributed by atoms with van der Waals surface area (Å²) in [4.78, 5) is 12.1. The first-order valence-electron chi connectivity index (χ1n) is 5.93. The van der Waals surface area contributed by atoms with Crippen molar-refractivity contribution in [3.05, 3.63) is 0 Å². The maximum Gasteiger partial charge on any atom is 0.229 e. The van der Waals surface area contributed by atoms with Gasteiger partial charge in [0.2, 0.25) is 5.91 Å². The van der Waals surface area contributed by atoms with Crippen LogP contribution in [0, 0.1) is 10.8 Å². The molecule has 1 amide bonds. The molecule has 0 spiro atoms. The van der Waals surface area contributed by atoms with Crippen LogP contribution in [0.25, 0.3) is 0 Å². The summed E-state index contributed by atoms with van der Waals surface area (Å²) in [5.41, 5.74) is 5.47. The van der Waals surface area contributed by atoms with Crippen molar-refractivity contribution in [1.29, 1.82) is 0 Å². The predicted octanol–water partition coefficient (Wildman–Crippen LogP) is 0.903. The zero-order valence-corrected chi connectivity index (χ0v) is 10.8. The van der Waals surface area contributed by atoms with Crippen molar-refractivity contribution in [1.82, 2.24) is 5.32 Å². The minimum absolute atomic E-state index is 0.0130. The zero-order chi connectivity index (χ0) is 12.4. The minimum Gasteiger partial charge on any atom is -0.379 e. The number of carbonyl (C=O) groups excluding carboxylic acids is 1. The highest BCUT2D eigenvalue weighted by Crippen LogP contribution is 2.27. The number of rotatable bonds is 4. The van der Waals surface area contributed by atoms with E-state index in [-0.39, 0.29) is 17.4 Å². The molecule has 1 fully saturated rings. The van der Waals surface area contributed by atoms with E-state index in [0.717, 1.165) is 6.42 Å². The summed E-state index contributed by atoms with van der Waals surface area (Å²) >= 11 is 0. The first kappa shape index (κ1) is 13.5. The van der Waals surface area contributed by atoms with Gasteiger partial charge >= 0.3 is 0 Å². The SMILES string of the molecule is CCC(C)(C)CNC(=O)C1(C)COCC1N. The molecule has 1 aliphatic rings. The van der Waals surface area contributed by atoms with Crippen LogP contribution in [0.3, 0.4) is 0 Å². The Labute approximate surface area is 97.9 Å². The van der Waals surface area contributed by atoms with Crippen LogP contribution in [-0.2, 0) is 9.53 Å². The Morgan fingerprint density at radius 3 is 2.69 bits per heavy atom. The molecule has 0 saturated carbocycles. The molecule has 0 aromatic rings. The van der Waals surface area contributed by atoms with Gasteiger partial charge in [-0.3, -0.25) is 4.79 Å². The summed E-state index contributed by atoms with van der Waals surface area (Å²) < 4.78 is 5.27. The van der Waals surface area contributed by atoms with Crippen molar-refractivity contribution in [2.75, 3.05) is 19.8 Å². The Morgan fingerprint density at radius 2 is 2.25 bits per heavy atom. The fourth-order valence-corrected chi connectivity index (χ4v) is 1.57. The van der Waals surface area contributed by atoms with Gasteiger partial charge in [-0.15, -0.1) is 0 Å². The van der Waals surface area contributed by atoms with Crippen LogP contribution in [0.2, 0.25) is 0 Å². The Hall–Kier alpha value is -0.610. The van der Waals surface area contributed by atoms with Gasteiger partial charge < -0.3 is 15.8 Å². The van der Waals surface area contributed by atoms with Crippen molar-refractivity contribution in [3.63, 3.8) is 0 Å². The number of nitrogens with one attached hydrogen (secondary N) is 1. The summed E-state index contributed by atoms with van der Waals surface area (Å²) in [6.45, 7) is 9.86. The van der Waals surface area contributed by atoms with Gasteiger partial charge in [-0.05, 0) is 18.8 Å². The molecule has 0 aromatic carbocycles. The molecule has 2 unspecified atom stereocenters. The van der Waals surface area contributed by atoms with Crippen molar-refractivity contribution >= 4 is 5.91 Å². The summed E-state index contributed by atoms with van der Waals surface area (Å²) in [5, 5.41) is 2.99. The average molecular weight is 228 g/mol. The van der Waals surface area contributed by atoms with Crippen LogP contribution in [0.1, 0.15) is 34.1 Å². The zero-order valence-electron chi connectivity index (χ0n) is 10.8. The van der Waals surface area contributed by atoms with Crippen LogP contribution < -0.4 is 11.1 Å². The van der Waals surface area contributed by atoms with E-state index in [1.165, 1.54) is 0 Å². The molecule has 16 heavy (non-hydrogen) atoms. The molecule has 0 bridgehead atoms. The fraction of sp³-hybridized carbons (Fsp3) is 0.917. The van der Waals surface area contributed by atoms with E-state index in [2.05, 4.69) is 26.1 Å². The summed E-state index contributed by atoms with van der Waals surface area (Å²) in [6, 6.07) is -0.197. The van der Waals surface area contributed by atoms with Crippen LogP contribution in [0.5, 0.6) is 0 Å². The first-order chi connectivity index (χ1) is 7.32. The molecular weight excluding hydrogens is 204 g/mol. The van der Waals surface area contributed by atoms with Crippen LogP contribution >= 0.6 is 0 Å². The number of amides is 1. The molecule has 0 aromatic heterocycles. The van der Waals surface area contributed by atoms with E-state index < -0.39 is 5.41 Å². The lowest BCUT2D eigenvalue weighted by molar-refractivity contribution is -0.131. The molecule has 2 atom stereocenters. The number of hydrogen-bond donors (Lipinski definition) is 2. The van der Waals surface area contributed by atoms with Gasteiger partial charge in [0.15, 0.2) is 0 Å². The van der Waals surface area contributed by atoms with Gasteiger partial charge in [0, 0.05) is 12.6 Å². The molecule has 3 N–H and O–H groups in total. The van der Waals surface area contributed by atoms with E-state index in [1.807, 2.05) is 6.92 Å². The lowest BCUT2D eigenvalue weighted by atomic mass is 9.84. The molecule has 1 aliphatic heterocycles. The van der Waals surface area contributed by atoms with Gasteiger partial charge in [0.1, 0.15) is 0 Å². The molecular formula is C12H24N2O2. The Kier molecular flexibility index (Phi) is 3.97. The van der Waals surface area contributed by atoms with Crippen LogP contribution in [-0.4, -0.2) is 31.7 Å². The lowest BCUT2D eigenvalue weighted by Gasteiger charge is -2.29. The van der Waals surface area contributed by atoms with Gasteiger partial charge in [0.05, 0.1) is 18.6 Å². The molecule has 1 saturated heterocycles. The Morgan fingerprint density at radius 1 is 1.62 bits per heavy atom. The van der Waals surface area contributed by atoms with Crippen LogP contribution in [0.15, 0.2) is 0 Å². The van der Waals surface area contributed by atoms with Gasteiger partial charge in [-0.2, -0.15) is 0 Å². The van der Waals surface area contributed by atoms with Crippen molar-refractivity contribution < 1.29 is 9.53 Å². The molecule has 4 nitrogen and oxygen atoms in total. The second kappa shape index (κ2) is 4.72. The highest BCUT2D eigenvalue weighted by Gasteiger charge is 2.44. The maximum absolute atomic E-state index is 12.1. The van der Waals surface area contributed by atoms with Crippen molar-refractivity contribution in [3.8, 4) is 0 Å². The summed E-state index contributed by atoms with van der Waals surface area (Å²) in [7, 11) is 0. The fourth-order valence-electron chi connectivity index (χ4n) is 1.57. The Balaban J connectivity index is 2.53. The standard InChI is InChI=1S/C12H24N2O2/c1-5-11(2,3)7-14-10(15)12(4)8-16-6-9(12)13/h9H,5-8,13H2,1-4H3,(H,14,15). The predicted molar refractivity (Wildman–Crippen MR) is 64.0 cm³/mol. The van der Waals surface area contributed by atoms with Crippen LogP contribution in [0.4, 0.5) is 0 Å². The number of ether oxygens (including phenoxy) is 1. The quantitative estimate of drug-likeness (QED) is 0.751. The summed E-state index contributed by atoms with van der Waals surface area (Å²) in [5.74, 6) is 0.0130. The molecule has 4 heteroatoms. The van der Waals surface area contributed by atoms with Gasteiger partial charge in [-0.1, -0.05) is 20.8 Å². The highest BCUT2D eigenvalue weighted by atomic mass is 16.5. The molecule has 0 radical (unpaired) electrons. The number of hydrogen-bond acceptors (Lipinski definition) is 3. The average Bonchev–Trinajstić information content (AvgIpc) is 2.57. The van der Waals surface area contributed by atoms with E-state index in [1.54, 1.807) is 0 Å². The van der Waals surface area contributed by atoms with E-state index in [4.69, 9.17) is 10.5 Å². The second-order valence-electron chi connectivity index (χ2n) is 5.74. The topological polar surface area (TPSA) is 64.3 Å². The summed E-state index contributed by atoms with van der Waals surface area (Å²) in [6.07, 6.45) is 1.03. The van der Waals surface area contributed by atoms with E-state index in [9.17, 15) is 4.79 Å². The highest BCUT2D eigenvalue weighted by molar-refractivity contribution is 5.83. The number of carbonyl (C=O) groups is 1. The lowest BCUT2D eigenvalue weighted by Crippen LogP contribution is -2.51. The monoisotopic (exact) mass is 228 g/mol. The number of nitrogens with two attached hydrogens (primary N) is 1. The minimum atomic E-state index is -0.566. The smallest absolute Gasteiger partial charge is 0.229 e. The molecule has 1 rings (SSSR count). The Bertz CT molecular complexity index is 266. The first-order valence-corrected chi connectivity index (χ1v) is 5.93. The normalized spacial score (nSPS) is 30.4. The molecule has 0 aliphatic carbocycles. The van der Waals surface area contributed by atoms with E-state index >= 15 is 0 Å². The second-order valence-corrected chi connectivity index (χ2v) is 5.74. The maximum atomic E-state index is 12.1. The third kappa shape index (κ3) is 2.74. The van der Waals surface area contributed by atoms with E-state index in [0.29, 0.717) is 19.8 Å².